The number of carbonyl (C=O) groups is 3. The van der Waals surface area contributed by atoms with Crippen LogP contribution in [0.2, 0.25) is 5.02 Å². The van der Waals surface area contributed by atoms with Crippen molar-refractivity contribution in [3.8, 4) is 0 Å². The lowest BCUT2D eigenvalue weighted by Crippen LogP contribution is -2.25. The Labute approximate surface area is 164 Å². The minimum absolute atomic E-state index is 0.111. The lowest BCUT2D eigenvalue weighted by atomic mass is 10.1. The number of hydrogen-bond acceptors (Lipinski definition) is 7. The molecule has 0 bridgehead atoms. The first-order valence-corrected chi connectivity index (χ1v) is 8.42. The lowest BCUT2D eigenvalue weighted by molar-refractivity contribution is -0.384. The molecule has 0 amide bonds. The van der Waals surface area contributed by atoms with E-state index < -0.39 is 34.4 Å². The average molecular weight is 409 g/mol. The number of aromatic amines is 1. The Kier molecular flexibility index (Phi) is 6.19. The van der Waals surface area contributed by atoms with E-state index in [1.807, 2.05) is 0 Å². The SMILES string of the molecule is COC(=O)c1c(C)[nH]c(C(=O)[C@H](C)OC(=O)c2ccc(Cl)c([N+](=O)[O-])c2)c1C. The Morgan fingerprint density at radius 2 is 1.86 bits per heavy atom. The molecule has 2 rings (SSSR count). The summed E-state index contributed by atoms with van der Waals surface area (Å²) in [6, 6.07) is 3.43. The van der Waals surface area contributed by atoms with E-state index >= 15 is 0 Å². The summed E-state index contributed by atoms with van der Waals surface area (Å²) in [6.45, 7) is 4.54. The van der Waals surface area contributed by atoms with E-state index in [-0.39, 0.29) is 21.8 Å². The van der Waals surface area contributed by atoms with Gasteiger partial charge in [0.05, 0.1) is 28.9 Å². The highest BCUT2D eigenvalue weighted by Gasteiger charge is 2.28. The molecule has 148 valence electrons. The highest BCUT2D eigenvalue weighted by Crippen LogP contribution is 2.26. The molecular weight excluding hydrogens is 392 g/mol. The third-order valence-corrected chi connectivity index (χ3v) is 4.42. The van der Waals surface area contributed by atoms with Crippen LogP contribution in [0.1, 0.15) is 49.4 Å². The largest absolute Gasteiger partial charge is 0.465 e. The van der Waals surface area contributed by atoms with Crippen LogP contribution in [0, 0.1) is 24.0 Å². The molecule has 0 unspecified atom stereocenters. The number of aryl methyl sites for hydroxylation is 1. The molecule has 10 heteroatoms. The molecular formula is C18H17ClN2O7. The number of nitrogens with one attached hydrogen (secondary N) is 1. The van der Waals surface area contributed by atoms with E-state index in [0.717, 1.165) is 6.07 Å². The van der Waals surface area contributed by atoms with Crippen LogP contribution in [0.5, 0.6) is 0 Å². The van der Waals surface area contributed by atoms with Gasteiger partial charge in [-0.2, -0.15) is 0 Å². The maximum atomic E-state index is 12.6. The first-order valence-electron chi connectivity index (χ1n) is 8.05. The highest BCUT2D eigenvalue weighted by atomic mass is 35.5. The van der Waals surface area contributed by atoms with Gasteiger partial charge in [-0.3, -0.25) is 14.9 Å². The molecule has 9 nitrogen and oxygen atoms in total. The quantitative estimate of drug-likeness (QED) is 0.335. The molecule has 0 saturated heterocycles. The van der Waals surface area contributed by atoms with Crippen LogP contribution in [0.4, 0.5) is 5.69 Å². The number of ether oxygens (including phenoxy) is 2. The standard InChI is InChI=1S/C18H17ClN2O7/c1-8-14(18(24)27-4)9(2)20-15(8)16(22)10(3)28-17(23)11-5-6-12(19)13(7-11)21(25)26/h5-7,10,20H,1-4H3/t10-/m0/s1. The third kappa shape index (κ3) is 4.04. The smallest absolute Gasteiger partial charge is 0.339 e. The van der Waals surface area contributed by atoms with Gasteiger partial charge in [-0.15, -0.1) is 0 Å². The number of methoxy groups -OCH3 is 1. The number of ketones is 1. The van der Waals surface area contributed by atoms with Gasteiger partial charge in [-0.05, 0) is 38.5 Å². The Morgan fingerprint density at radius 1 is 1.21 bits per heavy atom. The van der Waals surface area contributed by atoms with Crippen molar-refractivity contribution < 1.29 is 28.8 Å². The average Bonchev–Trinajstić information content (AvgIpc) is 2.94. The van der Waals surface area contributed by atoms with Gasteiger partial charge >= 0.3 is 11.9 Å². The van der Waals surface area contributed by atoms with E-state index in [4.69, 9.17) is 21.1 Å². The lowest BCUT2D eigenvalue weighted by Gasteiger charge is -2.12. The molecule has 28 heavy (non-hydrogen) atoms. The molecule has 0 aliphatic rings. The number of carbonyl (C=O) groups excluding carboxylic acids is 3. The number of nitrogens with zero attached hydrogens (tertiary/aromatic N) is 1. The zero-order valence-corrected chi connectivity index (χ0v) is 16.2. The van der Waals surface area contributed by atoms with Gasteiger partial charge in [0, 0.05) is 11.8 Å². The molecule has 0 saturated carbocycles. The second-order valence-electron chi connectivity index (χ2n) is 5.95. The molecule has 1 aromatic carbocycles. The van der Waals surface area contributed by atoms with E-state index in [9.17, 15) is 24.5 Å². The number of rotatable bonds is 6. The topological polar surface area (TPSA) is 129 Å². The molecule has 2 aromatic rings. The van der Waals surface area contributed by atoms with Crippen LogP contribution in [0.15, 0.2) is 18.2 Å². The maximum absolute atomic E-state index is 12.6. The molecule has 1 heterocycles. The number of aromatic nitrogens is 1. The first kappa shape index (κ1) is 21.1. The number of H-pyrrole nitrogens is 1. The number of Topliss-reactive ketones (excluding diaryl/α,β-unsaturated/α-hetero) is 1. The fraction of sp³-hybridized carbons (Fsp3) is 0.278. The zero-order chi connectivity index (χ0) is 21.2. The maximum Gasteiger partial charge on any atom is 0.339 e. The summed E-state index contributed by atoms with van der Waals surface area (Å²) in [7, 11) is 1.23. The normalized spacial score (nSPS) is 11.6. The van der Waals surface area contributed by atoms with E-state index in [2.05, 4.69) is 4.98 Å². The van der Waals surface area contributed by atoms with Gasteiger partial charge in [0.1, 0.15) is 5.02 Å². The third-order valence-electron chi connectivity index (χ3n) is 4.10. The predicted octanol–water partition coefficient (Wildman–Crippen LogP) is 3.41. The fourth-order valence-corrected chi connectivity index (χ4v) is 2.86. The Hall–Kier alpha value is -3.20. The van der Waals surface area contributed by atoms with Gasteiger partial charge in [-0.1, -0.05) is 11.6 Å². The number of nitro benzene ring substituents is 1. The predicted molar refractivity (Wildman–Crippen MR) is 98.9 cm³/mol. The summed E-state index contributed by atoms with van der Waals surface area (Å²) >= 11 is 5.71. The summed E-state index contributed by atoms with van der Waals surface area (Å²) in [5.74, 6) is -2.08. The van der Waals surface area contributed by atoms with Crippen LogP contribution >= 0.6 is 11.6 Å². The second-order valence-corrected chi connectivity index (χ2v) is 6.36. The van der Waals surface area contributed by atoms with Crippen LogP contribution in [-0.2, 0) is 9.47 Å². The minimum atomic E-state index is -1.20. The van der Waals surface area contributed by atoms with Crippen molar-refractivity contribution in [2.75, 3.05) is 7.11 Å². The van der Waals surface area contributed by atoms with Crippen molar-refractivity contribution in [2.45, 2.75) is 26.9 Å². The van der Waals surface area contributed by atoms with Crippen molar-refractivity contribution in [3.05, 3.63) is 61.4 Å². The summed E-state index contributed by atoms with van der Waals surface area (Å²) < 4.78 is 9.82. The van der Waals surface area contributed by atoms with Crippen LogP contribution < -0.4 is 0 Å². The number of hydrogen-bond donors (Lipinski definition) is 1. The van der Waals surface area contributed by atoms with Crippen molar-refractivity contribution in [1.29, 1.82) is 0 Å². The second kappa shape index (κ2) is 8.22. The van der Waals surface area contributed by atoms with Gasteiger partial charge in [0.25, 0.3) is 5.69 Å². The molecule has 1 aromatic heterocycles. The first-order chi connectivity index (χ1) is 13.1. The van der Waals surface area contributed by atoms with Crippen LogP contribution in [0.3, 0.4) is 0 Å². The Morgan fingerprint density at radius 3 is 2.43 bits per heavy atom. The van der Waals surface area contributed by atoms with Gasteiger partial charge < -0.3 is 14.5 Å². The fourth-order valence-electron chi connectivity index (χ4n) is 2.67. The van der Waals surface area contributed by atoms with Gasteiger partial charge in [0.2, 0.25) is 5.78 Å². The van der Waals surface area contributed by atoms with E-state index in [1.54, 1.807) is 13.8 Å². The van der Waals surface area contributed by atoms with Crippen LogP contribution in [-0.4, -0.2) is 40.8 Å². The minimum Gasteiger partial charge on any atom is -0.465 e. The van der Waals surface area contributed by atoms with Gasteiger partial charge in [0.15, 0.2) is 6.10 Å². The number of halogens is 1. The van der Waals surface area contributed by atoms with Crippen LogP contribution in [0.25, 0.3) is 0 Å². The Bertz CT molecular complexity index is 981. The summed E-state index contributed by atoms with van der Waals surface area (Å²) in [5.41, 5.74) is 0.593. The Balaban J connectivity index is 2.24. The van der Waals surface area contributed by atoms with Gasteiger partial charge in [-0.25, -0.2) is 9.59 Å². The molecule has 0 aliphatic carbocycles. The molecule has 1 N–H and O–H groups in total. The van der Waals surface area contributed by atoms with E-state index in [1.165, 1.54) is 26.2 Å². The summed E-state index contributed by atoms with van der Waals surface area (Å²) in [5, 5.41) is 10.8. The number of benzene rings is 1. The zero-order valence-electron chi connectivity index (χ0n) is 15.5. The van der Waals surface area contributed by atoms with Crippen molar-refractivity contribution >= 4 is 35.0 Å². The van der Waals surface area contributed by atoms with Crippen molar-refractivity contribution in [3.63, 3.8) is 0 Å². The monoisotopic (exact) mass is 408 g/mol. The molecule has 0 aliphatic heterocycles. The highest BCUT2D eigenvalue weighted by molar-refractivity contribution is 6.32. The summed E-state index contributed by atoms with van der Waals surface area (Å²) in [4.78, 5) is 49.8. The molecule has 0 radical (unpaired) electrons. The molecule has 0 fully saturated rings. The molecule has 0 spiro atoms. The molecule has 1 atom stereocenters. The van der Waals surface area contributed by atoms with E-state index in [0.29, 0.717) is 11.3 Å². The number of esters is 2. The summed E-state index contributed by atoms with van der Waals surface area (Å²) in [6.07, 6.45) is -1.20. The van der Waals surface area contributed by atoms with Crippen molar-refractivity contribution in [2.24, 2.45) is 0 Å². The van der Waals surface area contributed by atoms with Crippen molar-refractivity contribution in [1.82, 2.24) is 4.98 Å². The number of nitro groups is 1.